The molecule has 0 aliphatic carbocycles. The molecule has 4 heteroatoms. The van der Waals surface area contributed by atoms with Crippen LogP contribution in [0.4, 0.5) is 0 Å². The lowest BCUT2D eigenvalue weighted by Gasteiger charge is -2.10. The molecule has 0 spiro atoms. The molecule has 0 unspecified atom stereocenters. The fourth-order valence-electron chi connectivity index (χ4n) is 2.29. The SMILES string of the molecule is CCc1ccc(/C(C)=N/NCc2ccc(OC)c(OC)c2)cc1. The van der Waals surface area contributed by atoms with Gasteiger partial charge in [0.15, 0.2) is 11.5 Å². The molecule has 0 atom stereocenters. The first kappa shape index (κ1) is 16.9. The highest BCUT2D eigenvalue weighted by Crippen LogP contribution is 2.27. The van der Waals surface area contributed by atoms with Gasteiger partial charge >= 0.3 is 0 Å². The maximum atomic E-state index is 5.31. The summed E-state index contributed by atoms with van der Waals surface area (Å²) in [5.41, 5.74) is 7.62. The van der Waals surface area contributed by atoms with Gasteiger partial charge in [-0.15, -0.1) is 0 Å². The molecule has 2 rings (SSSR count). The minimum Gasteiger partial charge on any atom is -0.493 e. The Hall–Kier alpha value is -2.49. The molecular weight excluding hydrogens is 288 g/mol. The zero-order chi connectivity index (χ0) is 16.7. The average Bonchev–Trinajstić information content (AvgIpc) is 2.61. The quantitative estimate of drug-likeness (QED) is 0.625. The molecule has 2 aromatic rings. The lowest BCUT2D eigenvalue weighted by molar-refractivity contribution is 0.354. The Balaban J connectivity index is 1.99. The van der Waals surface area contributed by atoms with Gasteiger partial charge in [0.25, 0.3) is 0 Å². The third-order valence-electron chi connectivity index (χ3n) is 3.76. The molecule has 2 aromatic carbocycles. The zero-order valence-corrected chi connectivity index (χ0v) is 14.2. The Labute approximate surface area is 138 Å². The van der Waals surface area contributed by atoms with Crippen LogP contribution in [-0.4, -0.2) is 19.9 Å². The van der Waals surface area contributed by atoms with Crippen LogP contribution in [0.15, 0.2) is 47.6 Å². The summed E-state index contributed by atoms with van der Waals surface area (Å²) in [6.07, 6.45) is 1.05. The zero-order valence-electron chi connectivity index (χ0n) is 14.2. The minimum absolute atomic E-state index is 0.630. The van der Waals surface area contributed by atoms with E-state index in [9.17, 15) is 0 Å². The smallest absolute Gasteiger partial charge is 0.161 e. The third-order valence-corrected chi connectivity index (χ3v) is 3.76. The summed E-state index contributed by atoms with van der Waals surface area (Å²) in [5.74, 6) is 1.45. The molecule has 0 saturated carbocycles. The normalized spacial score (nSPS) is 11.2. The van der Waals surface area contributed by atoms with E-state index in [0.717, 1.165) is 34.8 Å². The van der Waals surface area contributed by atoms with E-state index in [2.05, 4.69) is 41.7 Å². The van der Waals surface area contributed by atoms with Crippen LogP contribution in [0.1, 0.15) is 30.5 Å². The van der Waals surface area contributed by atoms with Crippen molar-refractivity contribution < 1.29 is 9.47 Å². The summed E-state index contributed by atoms with van der Waals surface area (Å²) in [7, 11) is 3.27. The summed E-state index contributed by atoms with van der Waals surface area (Å²) in [6.45, 7) is 4.79. The van der Waals surface area contributed by atoms with Gasteiger partial charge in [0.05, 0.1) is 26.5 Å². The van der Waals surface area contributed by atoms with Gasteiger partial charge in [-0.25, -0.2) is 0 Å². The number of aryl methyl sites for hydroxylation is 1. The van der Waals surface area contributed by atoms with Crippen molar-refractivity contribution in [2.45, 2.75) is 26.8 Å². The summed E-state index contributed by atoms with van der Waals surface area (Å²) < 4.78 is 10.5. The van der Waals surface area contributed by atoms with Crippen molar-refractivity contribution in [2.75, 3.05) is 14.2 Å². The maximum Gasteiger partial charge on any atom is 0.161 e. The molecule has 122 valence electrons. The molecule has 0 aliphatic heterocycles. The second-order valence-corrected chi connectivity index (χ2v) is 5.27. The van der Waals surface area contributed by atoms with Crippen LogP contribution in [0.5, 0.6) is 11.5 Å². The number of rotatable bonds is 7. The molecule has 0 aromatic heterocycles. The molecule has 0 aliphatic rings. The summed E-state index contributed by atoms with van der Waals surface area (Å²) in [5, 5.41) is 4.44. The van der Waals surface area contributed by atoms with E-state index in [-0.39, 0.29) is 0 Å². The summed E-state index contributed by atoms with van der Waals surface area (Å²) in [4.78, 5) is 0. The van der Waals surface area contributed by atoms with E-state index in [4.69, 9.17) is 9.47 Å². The fraction of sp³-hybridized carbons (Fsp3) is 0.316. The first-order valence-corrected chi connectivity index (χ1v) is 7.75. The maximum absolute atomic E-state index is 5.31. The lowest BCUT2D eigenvalue weighted by Crippen LogP contribution is -2.09. The largest absolute Gasteiger partial charge is 0.493 e. The number of hydrogen-bond acceptors (Lipinski definition) is 4. The van der Waals surface area contributed by atoms with Gasteiger partial charge in [0.2, 0.25) is 0 Å². The van der Waals surface area contributed by atoms with E-state index in [0.29, 0.717) is 6.54 Å². The lowest BCUT2D eigenvalue weighted by atomic mass is 10.1. The second kappa shape index (κ2) is 8.22. The monoisotopic (exact) mass is 312 g/mol. The van der Waals surface area contributed by atoms with E-state index in [1.165, 1.54) is 5.56 Å². The Morgan fingerprint density at radius 3 is 2.22 bits per heavy atom. The predicted molar refractivity (Wildman–Crippen MR) is 94.4 cm³/mol. The van der Waals surface area contributed by atoms with Gasteiger partial charge in [-0.1, -0.05) is 37.3 Å². The number of nitrogens with one attached hydrogen (secondary N) is 1. The van der Waals surface area contributed by atoms with Crippen LogP contribution >= 0.6 is 0 Å². The van der Waals surface area contributed by atoms with Crippen molar-refractivity contribution in [3.63, 3.8) is 0 Å². The Morgan fingerprint density at radius 1 is 0.957 bits per heavy atom. The molecule has 1 N–H and O–H groups in total. The Morgan fingerprint density at radius 2 is 1.61 bits per heavy atom. The van der Waals surface area contributed by atoms with E-state index >= 15 is 0 Å². The van der Waals surface area contributed by atoms with Crippen LogP contribution in [0.3, 0.4) is 0 Å². The van der Waals surface area contributed by atoms with Gasteiger partial charge in [0.1, 0.15) is 0 Å². The number of hydrogen-bond donors (Lipinski definition) is 1. The highest BCUT2D eigenvalue weighted by atomic mass is 16.5. The molecular formula is C19H24N2O2. The molecule has 23 heavy (non-hydrogen) atoms. The molecule has 0 amide bonds. The van der Waals surface area contributed by atoms with Gasteiger partial charge in [-0.2, -0.15) is 5.10 Å². The van der Waals surface area contributed by atoms with Crippen molar-refractivity contribution in [2.24, 2.45) is 5.10 Å². The Kier molecular flexibility index (Phi) is 6.03. The van der Waals surface area contributed by atoms with Gasteiger partial charge < -0.3 is 14.9 Å². The van der Waals surface area contributed by atoms with Crippen molar-refractivity contribution in [1.29, 1.82) is 0 Å². The van der Waals surface area contributed by atoms with Crippen molar-refractivity contribution in [3.8, 4) is 11.5 Å². The number of benzene rings is 2. The number of methoxy groups -OCH3 is 2. The van der Waals surface area contributed by atoms with Crippen LogP contribution in [0, 0.1) is 0 Å². The molecule has 0 radical (unpaired) electrons. The molecule has 0 heterocycles. The average molecular weight is 312 g/mol. The molecule has 4 nitrogen and oxygen atoms in total. The first-order valence-electron chi connectivity index (χ1n) is 7.75. The third kappa shape index (κ3) is 4.49. The molecule has 0 fully saturated rings. The van der Waals surface area contributed by atoms with E-state index in [1.54, 1.807) is 14.2 Å². The van der Waals surface area contributed by atoms with Crippen LogP contribution in [0.2, 0.25) is 0 Å². The summed E-state index contributed by atoms with van der Waals surface area (Å²) in [6, 6.07) is 14.3. The Bertz CT molecular complexity index is 664. The summed E-state index contributed by atoms with van der Waals surface area (Å²) >= 11 is 0. The number of hydrazone groups is 1. The van der Waals surface area contributed by atoms with Gasteiger partial charge in [-0.3, -0.25) is 0 Å². The number of nitrogens with zero attached hydrogens (tertiary/aromatic N) is 1. The van der Waals surface area contributed by atoms with Crippen molar-refractivity contribution in [3.05, 3.63) is 59.2 Å². The first-order chi connectivity index (χ1) is 11.2. The van der Waals surface area contributed by atoms with Gasteiger partial charge in [-0.05, 0) is 42.2 Å². The van der Waals surface area contributed by atoms with E-state index in [1.807, 2.05) is 25.1 Å². The van der Waals surface area contributed by atoms with Gasteiger partial charge in [0, 0.05) is 0 Å². The standard InChI is InChI=1S/C19H24N2O2/c1-5-15-6-9-17(10-7-15)14(2)21-20-13-16-8-11-18(22-3)19(12-16)23-4/h6-12,20H,5,13H2,1-4H3/b21-14+. The molecule has 0 bridgehead atoms. The van der Waals surface area contributed by atoms with Crippen LogP contribution in [-0.2, 0) is 13.0 Å². The highest BCUT2D eigenvalue weighted by molar-refractivity contribution is 5.98. The van der Waals surface area contributed by atoms with Crippen LogP contribution < -0.4 is 14.9 Å². The molecule has 0 saturated heterocycles. The minimum atomic E-state index is 0.630. The second-order valence-electron chi connectivity index (χ2n) is 5.27. The predicted octanol–water partition coefficient (Wildman–Crippen LogP) is 3.78. The van der Waals surface area contributed by atoms with Crippen LogP contribution in [0.25, 0.3) is 0 Å². The fourth-order valence-corrected chi connectivity index (χ4v) is 2.29. The van der Waals surface area contributed by atoms with E-state index < -0.39 is 0 Å². The number of ether oxygens (including phenoxy) is 2. The van der Waals surface area contributed by atoms with Crippen molar-refractivity contribution in [1.82, 2.24) is 5.43 Å². The topological polar surface area (TPSA) is 42.9 Å². The highest BCUT2D eigenvalue weighted by Gasteiger charge is 2.04. The van der Waals surface area contributed by atoms with Crippen molar-refractivity contribution >= 4 is 5.71 Å².